The zero-order valence-electron chi connectivity index (χ0n) is 13.9. The van der Waals surface area contributed by atoms with Gasteiger partial charge < -0.3 is 0 Å². The van der Waals surface area contributed by atoms with Crippen LogP contribution in [0.4, 0.5) is 0 Å². The van der Waals surface area contributed by atoms with Crippen molar-refractivity contribution in [2.24, 2.45) is 5.92 Å². The predicted octanol–water partition coefficient (Wildman–Crippen LogP) is 6.57. The van der Waals surface area contributed by atoms with Gasteiger partial charge in [-0.1, -0.05) is 78.0 Å². The van der Waals surface area contributed by atoms with Crippen LogP contribution in [0.3, 0.4) is 0 Å². The molecule has 0 fully saturated rings. The number of benzene rings is 1. The third-order valence-electron chi connectivity index (χ3n) is 3.01. The van der Waals surface area contributed by atoms with E-state index in [-0.39, 0.29) is 0 Å². The highest BCUT2D eigenvalue weighted by molar-refractivity contribution is 7.79. The number of hydrogen-bond acceptors (Lipinski definition) is 1. The lowest BCUT2D eigenvalue weighted by molar-refractivity contribution is 0.549. The Labute approximate surface area is 126 Å². The highest BCUT2D eigenvalue weighted by Gasteiger charge is 2.13. The Morgan fingerprint density at radius 3 is 2.05 bits per heavy atom. The Morgan fingerprint density at radius 2 is 1.63 bits per heavy atom. The molecule has 1 rings (SSSR count). The van der Waals surface area contributed by atoms with Crippen LogP contribution in [0.5, 0.6) is 0 Å². The van der Waals surface area contributed by atoms with Crippen LogP contribution in [0.2, 0.25) is 0 Å². The van der Waals surface area contributed by atoms with Crippen LogP contribution in [-0.2, 0) is 0 Å². The molecule has 19 heavy (non-hydrogen) atoms. The Kier molecular flexibility index (Phi) is 14.9. The zero-order chi connectivity index (χ0) is 15.3. The van der Waals surface area contributed by atoms with Crippen LogP contribution < -0.4 is 0 Å². The van der Waals surface area contributed by atoms with Crippen LogP contribution in [0, 0.1) is 12.8 Å². The molecule has 0 heterocycles. The minimum Gasteiger partial charge on any atom is -0.0932 e. The third-order valence-corrected chi connectivity index (χ3v) is 3.47. The molecular formula is C18H32S. The van der Waals surface area contributed by atoms with Crippen molar-refractivity contribution in [1.29, 1.82) is 0 Å². The molecule has 1 aromatic carbocycles. The molecule has 0 amide bonds. The molecule has 0 bridgehead atoms. The molecule has 2 unspecified atom stereocenters. The van der Waals surface area contributed by atoms with E-state index in [1.54, 1.807) is 0 Å². The molecule has 0 N–H and O–H groups in total. The third kappa shape index (κ3) is 8.15. The largest absolute Gasteiger partial charge is 0.0932 e. The summed E-state index contributed by atoms with van der Waals surface area (Å²) in [7, 11) is 0. The Bertz CT molecular complexity index is 317. The highest BCUT2D eigenvalue weighted by atomic mass is 32.1. The molecule has 0 radical (unpaired) electrons. The lowest BCUT2D eigenvalue weighted by Gasteiger charge is -2.19. The van der Waals surface area contributed by atoms with Gasteiger partial charge in [0.15, 0.2) is 0 Å². The molecule has 110 valence electrons. The standard InChI is InChI=1S/C14H20S.2C2H6/c1-4-13(9-11(2)10-15)14-8-6-5-7-12(14)3;2*1-2/h5-8,10-11,13H,4,9H2,1-3H3;2*1-2H3. The Morgan fingerprint density at radius 1 is 1.11 bits per heavy atom. The second-order valence-electron chi connectivity index (χ2n) is 4.31. The summed E-state index contributed by atoms with van der Waals surface area (Å²) in [6, 6.07) is 8.68. The van der Waals surface area contributed by atoms with E-state index in [9.17, 15) is 0 Å². The highest BCUT2D eigenvalue weighted by Crippen LogP contribution is 2.28. The van der Waals surface area contributed by atoms with Crippen molar-refractivity contribution in [1.82, 2.24) is 0 Å². The van der Waals surface area contributed by atoms with E-state index < -0.39 is 0 Å². The molecular weight excluding hydrogens is 248 g/mol. The van der Waals surface area contributed by atoms with Crippen LogP contribution in [-0.4, -0.2) is 5.37 Å². The maximum absolute atomic E-state index is 5.00. The molecule has 0 aromatic heterocycles. The minimum absolute atomic E-state index is 0.532. The lowest BCUT2D eigenvalue weighted by atomic mass is 9.86. The van der Waals surface area contributed by atoms with Gasteiger partial charge in [0.05, 0.1) is 0 Å². The van der Waals surface area contributed by atoms with Gasteiger partial charge in [-0.15, -0.1) is 0 Å². The van der Waals surface area contributed by atoms with Gasteiger partial charge in [0.25, 0.3) is 0 Å². The fourth-order valence-corrected chi connectivity index (χ4v) is 2.17. The monoisotopic (exact) mass is 280 g/mol. The first-order chi connectivity index (χ1) is 9.19. The van der Waals surface area contributed by atoms with Crippen LogP contribution in [0.25, 0.3) is 0 Å². The summed E-state index contributed by atoms with van der Waals surface area (Å²) >= 11 is 5.00. The first-order valence-corrected chi connectivity index (χ1v) is 8.17. The first kappa shape index (κ1) is 20.6. The van der Waals surface area contributed by atoms with Crippen LogP contribution in [0.15, 0.2) is 24.3 Å². The molecule has 1 heteroatoms. The van der Waals surface area contributed by atoms with E-state index >= 15 is 0 Å². The van der Waals surface area contributed by atoms with E-state index in [0.717, 1.165) is 0 Å². The van der Waals surface area contributed by atoms with Crippen LogP contribution in [0.1, 0.15) is 71.4 Å². The van der Waals surface area contributed by atoms with Crippen molar-refractivity contribution >= 4 is 17.6 Å². The second-order valence-corrected chi connectivity index (χ2v) is 4.58. The van der Waals surface area contributed by atoms with Gasteiger partial charge in [-0.2, -0.15) is 0 Å². The molecule has 0 saturated heterocycles. The molecule has 1 aromatic rings. The van der Waals surface area contributed by atoms with Gasteiger partial charge in [0.1, 0.15) is 0 Å². The molecule has 0 aliphatic carbocycles. The predicted molar refractivity (Wildman–Crippen MR) is 94.3 cm³/mol. The summed E-state index contributed by atoms with van der Waals surface area (Å²) in [5.74, 6) is 1.19. The van der Waals surface area contributed by atoms with Gasteiger partial charge in [-0.25, -0.2) is 0 Å². The summed E-state index contributed by atoms with van der Waals surface area (Å²) < 4.78 is 0. The van der Waals surface area contributed by atoms with Crippen molar-refractivity contribution in [2.75, 3.05) is 0 Å². The summed E-state index contributed by atoms with van der Waals surface area (Å²) in [6.45, 7) is 14.7. The van der Waals surface area contributed by atoms with Gasteiger partial charge in [0, 0.05) is 0 Å². The summed E-state index contributed by atoms with van der Waals surface area (Å²) in [6.07, 6.45) is 2.36. The topological polar surface area (TPSA) is 0 Å². The number of rotatable bonds is 5. The fraction of sp³-hybridized carbons (Fsp3) is 0.611. The normalized spacial score (nSPS) is 12.2. The van der Waals surface area contributed by atoms with E-state index in [1.165, 1.54) is 24.0 Å². The van der Waals surface area contributed by atoms with E-state index in [2.05, 4.69) is 45.0 Å². The Hall–Kier alpha value is -0.690. The number of thiocarbonyl (C=S) groups is 1. The number of aryl methyl sites for hydroxylation is 1. The number of hydrogen-bond donors (Lipinski definition) is 0. The quantitative estimate of drug-likeness (QED) is 0.550. The SMILES string of the molecule is CC.CC.CCC(CC(C)C=S)c1ccccc1C. The van der Waals surface area contributed by atoms with Crippen LogP contribution >= 0.6 is 12.2 Å². The van der Waals surface area contributed by atoms with Gasteiger partial charge in [-0.05, 0) is 48.1 Å². The molecule has 0 spiro atoms. The minimum atomic E-state index is 0.532. The molecule has 2 atom stereocenters. The van der Waals surface area contributed by atoms with E-state index in [1.807, 2.05) is 33.1 Å². The molecule has 0 aliphatic heterocycles. The molecule has 0 aliphatic rings. The van der Waals surface area contributed by atoms with Crippen molar-refractivity contribution in [3.8, 4) is 0 Å². The maximum Gasteiger partial charge on any atom is -0.0151 e. The maximum atomic E-state index is 5.00. The van der Waals surface area contributed by atoms with Crippen molar-refractivity contribution in [2.45, 2.75) is 67.2 Å². The van der Waals surface area contributed by atoms with Crippen molar-refractivity contribution in [3.63, 3.8) is 0 Å². The average molecular weight is 281 g/mol. The van der Waals surface area contributed by atoms with E-state index in [4.69, 9.17) is 12.2 Å². The summed E-state index contributed by atoms with van der Waals surface area (Å²) in [4.78, 5) is 0. The smallest absolute Gasteiger partial charge is 0.0151 e. The summed E-state index contributed by atoms with van der Waals surface area (Å²) in [5.41, 5.74) is 2.89. The zero-order valence-corrected chi connectivity index (χ0v) is 14.7. The van der Waals surface area contributed by atoms with Gasteiger partial charge >= 0.3 is 0 Å². The molecule has 0 saturated carbocycles. The lowest BCUT2D eigenvalue weighted by Crippen LogP contribution is -2.06. The summed E-state index contributed by atoms with van der Waals surface area (Å²) in [5, 5.41) is 1.89. The van der Waals surface area contributed by atoms with Crippen molar-refractivity contribution in [3.05, 3.63) is 35.4 Å². The van der Waals surface area contributed by atoms with Crippen molar-refractivity contribution < 1.29 is 0 Å². The fourth-order valence-electron chi connectivity index (χ4n) is 2.06. The average Bonchev–Trinajstić information content (AvgIpc) is 2.49. The van der Waals surface area contributed by atoms with Gasteiger partial charge in [-0.3, -0.25) is 0 Å². The Balaban J connectivity index is 0. The van der Waals surface area contributed by atoms with Gasteiger partial charge in [0.2, 0.25) is 0 Å². The molecule has 0 nitrogen and oxygen atoms in total. The second kappa shape index (κ2) is 13.7. The first-order valence-electron chi connectivity index (χ1n) is 7.69. The van der Waals surface area contributed by atoms with E-state index in [0.29, 0.717) is 11.8 Å².